The van der Waals surface area contributed by atoms with E-state index in [4.69, 9.17) is 9.47 Å². The van der Waals surface area contributed by atoms with Crippen molar-refractivity contribution in [3.05, 3.63) is 95.6 Å². The van der Waals surface area contributed by atoms with E-state index in [-0.39, 0.29) is 19.0 Å². The van der Waals surface area contributed by atoms with Crippen molar-refractivity contribution in [1.82, 2.24) is 4.90 Å². The molecule has 0 bridgehead atoms. The molecule has 3 aromatic rings. The number of piperidine rings is 1. The van der Waals surface area contributed by atoms with E-state index in [9.17, 15) is 10.2 Å². The van der Waals surface area contributed by atoms with Gasteiger partial charge in [0.2, 0.25) is 0 Å². The fourth-order valence-corrected chi connectivity index (χ4v) is 4.33. The van der Waals surface area contributed by atoms with Gasteiger partial charge in [0.25, 0.3) is 0 Å². The van der Waals surface area contributed by atoms with Gasteiger partial charge in [-0.1, -0.05) is 60.2 Å². The Bertz CT molecular complexity index is 1000. The van der Waals surface area contributed by atoms with E-state index in [0.717, 1.165) is 24.4 Å². The molecular formula is C29H36ClNO4. The summed E-state index contributed by atoms with van der Waals surface area (Å²) in [5, 5.41) is 21.5. The lowest BCUT2D eigenvalue weighted by atomic mass is 9.85. The van der Waals surface area contributed by atoms with Crippen LogP contribution in [0.4, 0.5) is 0 Å². The number of hydrogen-bond donors (Lipinski definition) is 2. The van der Waals surface area contributed by atoms with Gasteiger partial charge in [-0.25, -0.2) is 0 Å². The minimum Gasteiger partial charge on any atom is -0.491 e. The molecule has 0 aliphatic carbocycles. The van der Waals surface area contributed by atoms with Crippen molar-refractivity contribution < 1.29 is 19.7 Å². The number of aliphatic hydroxyl groups is 2. The lowest BCUT2D eigenvalue weighted by Gasteiger charge is -2.39. The molecule has 4 rings (SSSR count). The van der Waals surface area contributed by atoms with Crippen LogP contribution in [-0.2, 0) is 13.0 Å². The monoisotopic (exact) mass is 497 g/mol. The third kappa shape index (κ3) is 8.55. The average Bonchev–Trinajstić information content (AvgIpc) is 2.86. The molecule has 5 nitrogen and oxygen atoms in total. The van der Waals surface area contributed by atoms with Crippen LogP contribution in [0.1, 0.15) is 29.5 Å². The van der Waals surface area contributed by atoms with Crippen molar-refractivity contribution in [2.75, 3.05) is 26.2 Å². The lowest BCUT2D eigenvalue weighted by Crippen LogP contribution is -2.48. The van der Waals surface area contributed by atoms with E-state index in [1.165, 1.54) is 11.1 Å². The molecule has 1 aliphatic heterocycles. The highest BCUT2D eigenvalue weighted by Gasteiger charge is 2.32. The maximum atomic E-state index is 11.0. The Morgan fingerprint density at radius 2 is 1.43 bits per heavy atom. The zero-order valence-corrected chi connectivity index (χ0v) is 21.1. The van der Waals surface area contributed by atoms with Crippen LogP contribution in [0.15, 0.2) is 78.9 Å². The van der Waals surface area contributed by atoms with E-state index in [1.54, 1.807) is 0 Å². The van der Waals surface area contributed by atoms with Crippen LogP contribution in [0.5, 0.6) is 11.5 Å². The van der Waals surface area contributed by atoms with Gasteiger partial charge in [0, 0.05) is 26.1 Å². The van der Waals surface area contributed by atoms with Gasteiger partial charge in [-0.3, -0.25) is 0 Å². The molecule has 0 radical (unpaired) electrons. The van der Waals surface area contributed by atoms with Crippen LogP contribution in [0, 0.1) is 6.92 Å². The van der Waals surface area contributed by atoms with E-state index < -0.39 is 11.7 Å². The normalized spacial score (nSPS) is 16.2. The Hall–Kier alpha value is -2.57. The Kier molecular flexibility index (Phi) is 9.99. The highest BCUT2D eigenvalue weighted by Crippen LogP contribution is 2.27. The Morgan fingerprint density at radius 3 is 2.06 bits per heavy atom. The molecule has 1 atom stereocenters. The van der Waals surface area contributed by atoms with Crippen LogP contribution >= 0.6 is 12.4 Å². The van der Waals surface area contributed by atoms with E-state index in [2.05, 4.69) is 36.1 Å². The first kappa shape index (κ1) is 27.0. The SMILES string of the molecule is Cc1ccc(CC2(O)CCN(CC(O)COc3ccc(OCc4ccccc4)cc3)CC2)cc1.Cl. The molecule has 3 aromatic carbocycles. The zero-order valence-electron chi connectivity index (χ0n) is 20.3. The smallest absolute Gasteiger partial charge is 0.120 e. The van der Waals surface area contributed by atoms with Gasteiger partial charge in [-0.15, -0.1) is 12.4 Å². The van der Waals surface area contributed by atoms with Gasteiger partial charge in [0.1, 0.15) is 30.8 Å². The van der Waals surface area contributed by atoms with Gasteiger partial charge in [-0.2, -0.15) is 0 Å². The molecule has 6 heteroatoms. The van der Waals surface area contributed by atoms with Crippen LogP contribution in [0.2, 0.25) is 0 Å². The van der Waals surface area contributed by atoms with E-state index >= 15 is 0 Å². The third-order valence-corrected chi connectivity index (χ3v) is 6.42. The fourth-order valence-electron chi connectivity index (χ4n) is 4.33. The van der Waals surface area contributed by atoms with Crippen molar-refractivity contribution in [3.8, 4) is 11.5 Å². The summed E-state index contributed by atoms with van der Waals surface area (Å²) >= 11 is 0. The molecule has 35 heavy (non-hydrogen) atoms. The number of β-amino-alcohol motifs (C(OH)–C–C–N with tert-alkyl or cyclic N) is 1. The summed E-state index contributed by atoms with van der Waals surface area (Å²) in [6.07, 6.45) is 1.51. The Balaban J connectivity index is 0.00000342. The van der Waals surface area contributed by atoms with Crippen LogP contribution in [-0.4, -0.2) is 53.1 Å². The molecule has 1 heterocycles. The van der Waals surface area contributed by atoms with E-state index in [0.29, 0.717) is 38.2 Å². The van der Waals surface area contributed by atoms with Gasteiger partial charge in [0.15, 0.2) is 0 Å². The maximum Gasteiger partial charge on any atom is 0.120 e. The fraction of sp³-hybridized carbons (Fsp3) is 0.379. The number of nitrogens with zero attached hydrogens (tertiary/aromatic N) is 1. The summed E-state index contributed by atoms with van der Waals surface area (Å²) in [6, 6.07) is 25.9. The second-order valence-electron chi connectivity index (χ2n) is 9.40. The van der Waals surface area contributed by atoms with Crippen molar-refractivity contribution in [2.24, 2.45) is 0 Å². The first-order valence-electron chi connectivity index (χ1n) is 12.1. The van der Waals surface area contributed by atoms with Gasteiger partial charge >= 0.3 is 0 Å². The highest BCUT2D eigenvalue weighted by atomic mass is 35.5. The standard InChI is InChI=1S/C29H35NO4.ClH/c1-23-7-9-24(10-8-23)19-29(32)15-17-30(18-16-29)20-26(31)22-34-28-13-11-27(12-14-28)33-21-25-5-3-2-4-6-25;/h2-14,26,31-32H,15-22H2,1H3;1H. The summed E-state index contributed by atoms with van der Waals surface area (Å²) in [6.45, 7) is 4.91. The molecule has 0 spiro atoms. The summed E-state index contributed by atoms with van der Waals surface area (Å²) in [5.74, 6) is 1.49. The third-order valence-electron chi connectivity index (χ3n) is 6.42. The van der Waals surface area contributed by atoms with Crippen LogP contribution < -0.4 is 9.47 Å². The van der Waals surface area contributed by atoms with Gasteiger partial charge in [0.05, 0.1) is 5.60 Å². The predicted molar refractivity (Wildman–Crippen MR) is 141 cm³/mol. The van der Waals surface area contributed by atoms with Crippen molar-refractivity contribution in [3.63, 3.8) is 0 Å². The van der Waals surface area contributed by atoms with Crippen molar-refractivity contribution in [1.29, 1.82) is 0 Å². The number of hydrogen-bond acceptors (Lipinski definition) is 5. The number of halogens is 1. The Labute approximate surface area is 214 Å². The highest BCUT2D eigenvalue weighted by molar-refractivity contribution is 5.85. The number of aryl methyl sites for hydroxylation is 1. The molecule has 1 saturated heterocycles. The van der Waals surface area contributed by atoms with Gasteiger partial charge in [-0.05, 0) is 55.2 Å². The summed E-state index contributed by atoms with van der Waals surface area (Å²) in [7, 11) is 0. The molecule has 1 aliphatic rings. The van der Waals surface area contributed by atoms with Gasteiger partial charge < -0.3 is 24.6 Å². The van der Waals surface area contributed by atoms with Crippen molar-refractivity contribution >= 4 is 12.4 Å². The number of aliphatic hydroxyl groups excluding tert-OH is 1. The minimum absolute atomic E-state index is 0. The largest absolute Gasteiger partial charge is 0.491 e. The second kappa shape index (κ2) is 12.9. The number of ether oxygens (including phenoxy) is 2. The molecule has 0 saturated carbocycles. The second-order valence-corrected chi connectivity index (χ2v) is 9.40. The van der Waals surface area contributed by atoms with Crippen molar-refractivity contribution in [2.45, 2.75) is 44.5 Å². The first-order chi connectivity index (χ1) is 16.5. The minimum atomic E-state index is -0.669. The molecular weight excluding hydrogens is 462 g/mol. The maximum absolute atomic E-state index is 11.0. The number of rotatable bonds is 10. The molecule has 1 unspecified atom stereocenters. The topological polar surface area (TPSA) is 62.2 Å². The molecule has 188 valence electrons. The zero-order chi connectivity index (χ0) is 23.8. The lowest BCUT2D eigenvalue weighted by molar-refractivity contribution is -0.0325. The quantitative estimate of drug-likeness (QED) is 0.421. The van der Waals surface area contributed by atoms with Crippen LogP contribution in [0.25, 0.3) is 0 Å². The molecule has 0 aromatic heterocycles. The predicted octanol–water partition coefficient (Wildman–Crippen LogP) is 4.81. The average molecular weight is 498 g/mol. The van der Waals surface area contributed by atoms with Crippen LogP contribution in [0.3, 0.4) is 0 Å². The molecule has 2 N–H and O–H groups in total. The Morgan fingerprint density at radius 1 is 0.829 bits per heavy atom. The first-order valence-corrected chi connectivity index (χ1v) is 12.1. The van der Waals surface area contributed by atoms with E-state index in [1.807, 2.05) is 54.6 Å². The summed E-state index contributed by atoms with van der Waals surface area (Å²) in [4.78, 5) is 2.21. The summed E-state index contributed by atoms with van der Waals surface area (Å²) < 4.78 is 11.6. The number of likely N-dealkylation sites (tertiary alicyclic amines) is 1. The number of benzene rings is 3. The molecule has 0 amide bonds. The summed E-state index contributed by atoms with van der Waals surface area (Å²) in [5.41, 5.74) is 2.86. The molecule has 1 fully saturated rings.